The smallest absolute Gasteiger partial charge is 0.348 e. The van der Waals surface area contributed by atoms with Crippen LogP contribution >= 0.6 is 0 Å². The lowest BCUT2D eigenvalue weighted by molar-refractivity contribution is -0.137. The van der Waals surface area contributed by atoms with Crippen molar-refractivity contribution in [2.75, 3.05) is 6.61 Å². The van der Waals surface area contributed by atoms with E-state index in [0.717, 1.165) is 22.6 Å². The summed E-state index contributed by atoms with van der Waals surface area (Å²) in [6.07, 6.45) is 3.31. The van der Waals surface area contributed by atoms with Gasteiger partial charge in [0.2, 0.25) is 0 Å². The molecule has 6 heteroatoms. The van der Waals surface area contributed by atoms with Crippen LogP contribution in [0.2, 0.25) is 0 Å². The van der Waals surface area contributed by atoms with E-state index >= 15 is 0 Å². The van der Waals surface area contributed by atoms with Crippen LogP contribution in [0.5, 0.6) is 5.75 Å². The maximum atomic E-state index is 12.2. The Morgan fingerprint density at radius 2 is 1.74 bits per heavy atom. The Hall–Kier alpha value is -4.63. The maximum absolute atomic E-state index is 12.2. The van der Waals surface area contributed by atoms with Crippen LogP contribution in [0.4, 0.5) is 0 Å². The van der Waals surface area contributed by atoms with E-state index in [0.29, 0.717) is 17.9 Å². The first-order valence-corrected chi connectivity index (χ1v) is 11.3. The van der Waals surface area contributed by atoms with Gasteiger partial charge in [-0.25, -0.2) is 9.48 Å². The molecule has 4 aromatic rings. The number of ether oxygens (including phenoxy) is 2. The second-order valence-electron chi connectivity index (χ2n) is 7.90. The molecule has 35 heavy (non-hydrogen) atoms. The van der Waals surface area contributed by atoms with E-state index in [4.69, 9.17) is 14.6 Å². The fraction of sp³-hybridized carbons (Fsp3) is 0.138. The highest BCUT2D eigenvalue weighted by Gasteiger charge is 2.16. The van der Waals surface area contributed by atoms with Gasteiger partial charge in [-0.05, 0) is 61.9 Å². The largest absolute Gasteiger partial charge is 0.489 e. The molecule has 1 heterocycles. The molecular formula is C29H25N3O3. The van der Waals surface area contributed by atoms with Crippen LogP contribution in [0.15, 0.2) is 90.6 Å². The summed E-state index contributed by atoms with van der Waals surface area (Å²) in [6, 6.07) is 27.4. The molecule has 0 saturated carbocycles. The Kier molecular flexibility index (Phi) is 7.39. The van der Waals surface area contributed by atoms with Crippen LogP contribution in [0.25, 0.3) is 23.0 Å². The van der Waals surface area contributed by atoms with Crippen molar-refractivity contribution in [3.8, 4) is 28.8 Å². The molecule has 174 valence electrons. The summed E-state index contributed by atoms with van der Waals surface area (Å²) >= 11 is 0. The van der Waals surface area contributed by atoms with Crippen LogP contribution < -0.4 is 4.74 Å². The molecule has 0 aliphatic rings. The van der Waals surface area contributed by atoms with Crippen LogP contribution in [0.3, 0.4) is 0 Å². The number of aromatic nitrogens is 2. The minimum atomic E-state index is -0.659. The predicted octanol–water partition coefficient (Wildman–Crippen LogP) is 5.90. The van der Waals surface area contributed by atoms with Crippen molar-refractivity contribution in [1.29, 1.82) is 5.26 Å². The third-order valence-corrected chi connectivity index (χ3v) is 5.33. The van der Waals surface area contributed by atoms with Gasteiger partial charge in [0.1, 0.15) is 24.0 Å². The molecule has 0 spiro atoms. The van der Waals surface area contributed by atoms with E-state index in [2.05, 4.69) is 31.2 Å². The summed E-state index contributed by atoms with van der Waals surface area (Å²) < 4.78 is 12.7. The summed E-state index contributed by atoms with van der Waals surface area (Å²) in [4.78, 5) is 12.2. The minimum absolute atomic E-state index is 0.0845. The third kappa shape index (κ3) is 5.84. The molecule has 0 bridgehead atoms. The highest BCUT2D eigenvalue weighted by Crippen LogP contribution is 2.28. The molecule has 6 nitrogen and oxygen atoms in total. The maximum Gasteiger partial charge on any atom is 0.348 e. The number of aryl methyl sites for hydroxylation is 1. The summed E-state index contributed by atoms with van der Waals surface area (Å²) in [7, 11) is 0. The number of carbonyl (C=O) groups is 1. The highest BCUT2D eigenvalue weighted by atomic mass is 16.5. The van der Waals surface area contributed by atoms with Gasteiger partial charge in [-0.3, -0.25) is 0 Å². The molecule has 0 aliphatic heterocycles. The number of benzene rings is 3. The van der Waals surface area contributed by atoms with E-state index in [9.17, 15) is 10.1 Å². The number of nitriles is 1. The Bertz CT molecular complexity index is 1360. The lowest BCUT2D eigenvalue weighted by Gasteiger charge is -2.08. The fourth-order valence-corrected chi connectivity index (χ4v) is 3.49. The third-order valence-electron chi connectivity index (χ3n) is 5.33. The van der Waals surface area contributed by atoms with Crippen LogP contribution in [-0.2, 0) is 16.1 Å². The van der Waals surface area contributed by atoms with Crippen molar-refractivity contribution < 1.29 is 14.3 Å². The van der Waals surface area contributed by atoms with Gasteiger partial charge >= 0.3 is 5.97 Å². The molecular weight excluding hydrogens is 438 g/mol. The van der Waals surface area contributed by atoms with Gasteiger partial charge in [0.05, 0.1) is 18.0 Å². The van der Waals surface area contributed by atoms with Gasteiger partial charge in [0.25, 0.3) is 0 Å². The van der Waals surface area contributed by atoms with Crippen molar-refractivity contribution in [2.45, 2.75) is 20.5 Å². The SMILES string of the molecule is CCOC(=O)/C(C#N)=C\c1cn(-c2ccccc2)nc1-c1ccc(OCc2ccc(C)cc2)cc1. The summed E-state index contributed by atoms with van der Waals surface area (Å²) in [5, 5.41) is 14.3. The average molecular weight is 464 g/mol. The van der Waals surface area contributed by atoms with E-state index in [1.54, 1.807) is 17.8 Å². The average Bonchev–Trinajstić information content (AvgIpc) is 3.32. The van der Waals surface area contributed by atoms with Crippen LogP contribution in [0, 0.1) is 18.3 Å². The van der Waals surface area contributed by atoms with E-state index in [-0.39, 0.29) is 12.2 Å². The molecule has 0 aliphatic carbocycles. The van der Waals surface area contributed by atoms with E-state index in [1.807, 2.05) is 60.7 Å². The highest BCUT2D eigenvalue weighted by molar-refractivity contribution is 5.98. The molecule has 0 atom stereocenters. The zero-order valence-electron chi connectivity index (χ0n) is 19.6. The molecule has 0 N–H and O–H groups in total. The Morgan fingerprint density at radius 3 is 2.40 bits per heavy atom. The second kappa shape index (κ2) is 11.0. The Morgan fingerprint density at radius 1 is 1.03 bits per heavy atom. The lowest BCUT2D eigenvalue weighted by atomic mass is 10.1. The predicted molar refractivity (Wildman–Crippen MR) is 135 cm³/mol. The summed E-state index contributed by atoms with van der Waals surface area (Å²) in [6.45, 7) is 4.42. The first kappa shape index (κ1) is 23.5. The Balaban J connectivity index is 1.64. The second-order valence-corrected chi connectivity index (χ2v) is 7.90. The van der Waals surface area contributed by atoms with Crippen molar-refractivity contribution in [3.63, 3.8) is 0 Å². The van der Waals surface area contributed by atoms with Gasteiger partial charge in [-0.2, -0.15) is 10.4 Å². The first-order valence-electron chi connectivity index (χ1n) is 11.3. The number of hydrogen-bond donors (Lipinski definition) is 0. The zero-order valence-corrected chi connectivity index (χ0v) is 19.6. The van der Waals surface area contributed by atoms with Gasteiger partial charge in [-0.1, -0.05) is 48.0 Å². The first-order chi connectivity index (χ1) is 17.1. The van der Waals surface area contributed by atoms with Gasteiger partial charge in [-0.15, -0.1) is 0 Å². The number of para-hydroxylation sites is 1. The van der Waals surface area contributed by atoms with Gasteiger partial charge in [0.15, 0.2) is 0 Å². The van der Waals surface area contributed by atoms with Crippen LogP contribution in [-0.4, -0.2) is 22.4 Å². The van der Waals surface area contributed by atoms with Crippen LogP contribution in [0.1, 0.15) is 23.6 Å². The quantitative estimate of drug-likeness (QED) is 0.185. The number of rotatable bonds is 8. The number of hydrogen-bond acceptors (Lipinski definition) is 5. The van der Waals surface area contributed by atoms with Gasteiger partial charge < -0.3 is 9.47 Å². The summed E-state index contributed by atoms with van der Waals surface area (Å²) in [5.41, 5.74) is 5.18. The van der Waals surface area contributed by atoms with E-state index < -0.39 is 5.97 Å². The fourth-order valence-electron chi connectivity index (χ4n) is 3.49. The molecule has 0 fully saturated rings. The monoisotopic (exact) mass is 463 g/mol. The Labute approximate surface area is 204 Å². The van der Waals surface area contributed by atoms with Gasteiger partial charge in [0, 0.05) is 17.3 Å². The number of nitrogens with zero attached hydrogens (tertiary/aromatic N) is 3. The normalized spacial score (nSPS) is 11.1. The molecule has 0 unspecified atom stereocenters. The number of esters is 1. The van der Waals surface area contributed by atoms with Crippen molar-refractivity contribution >= 4 is 12.0 Å². The van der Waals surface area contributed by atoms with Crippen molar-refractivity contribution in [3.05, 3.63) is 107 Å². The molecule has 0 saturated heterocycles. The number of carbonyl (C=O) groups excluding carboxylic acids is 1. The molecule has 1 aromatic heterocycles. The molecule has 0 radical (unpaired) electrons. The molecule has 4 rings (SSSR count). The topological polar surface area (TPSA) is 77.1 Å². The summed E-state index contributed by atoms with van der Waals surface area (Å²) in [5.74, 6) is 0.0754. The zero-order chi connectivity index (χ0) is 24.6. The lowest BCUT2D eigenvalue weighted by Crippen LogP contribution is -2.06. The van der Waals surface area contributed by atoms with Crippen molar-refractivity contribution in [2.24, 2.45) is 0 Å². The minimum Gasteiger partial charge on any atom is -0.489 e. The standard InChI is InChI=1S/C29H25N3O3/c1-3-34-29(33)24(18-30)17-25-19-32(26-7-5-4-6-8-26)31-28(25)23-13-15-27(16-14-23)35-20-22-11-9-21(2)10-12-22/h4-17,19H,3,20H2,1-2H3/b24-17-. The van der Waals surface area contributed by atoms with Crippen molar-refractivity contribution in [1.82, 2.24) is 9.78 Å². The molecule has 3 aromatic carbocycles. The van der Waals surface area contributed by atoms with E-state index in [1.165, 1.54) is 11.6 Å². The molecule has 0 amide bonds.